The Morgan fingerprint density at radius 1 is 1.46 bits per heavy atom. The molecule has 3 aliphatic rings. The number of hydrogen-bond acceptors (Lipinski definition) is 7. The lowest BCUT2D eigenvalue weighted by molar-refractivity contribution is -0.147. The van der Waals surface area contributed by atoms with Gasteiger partial charge in [-0.15, -0.1) is 23.5 Å². The zero-order valence-corrected chi connectivity index (χ0v) is 14.4. The molecule has 3 N–H and O–H groups in total. The van der Waals surface area contributed by atoms with Crippen molar-refractivity contribution >= 4 is 52.1 Å². The first kappa shape index (κ1) is 17.2. The zero-order chi connectivity index (χ0) is 17.6. The van der Waals surface area contributed by atoms with E-state index in [1.54, 1.807) is 6.92 Å². The first-order valence-electron chi connectivity index (χ1n) is 7.25. The summed E-state index contributed by atoms with van der Waals surface area (Å²) in [6.45, 7) is 1.80. The van der Waals surface area contributed by atoms with Gasteiger partial charge < -0.3 is 10.8 Å². The third kappa shape index (κ3) is 2.78. The number of aliphatic imine (C=N–C) groups is 1. The fourth-order valence-corrected chi connectivity index (χ4v) is 5.25. The van der Waals surface area contributed by atoms with Gasteiger partial charge in [-0.25, -0.2) is 9.79 Å². The Labute approximate surface area is 145 Å². The maximum Gasteiger partial charge on any atom is 0.352 e. The maximum absolute atomic E-state index is 11.9. The van der Waals surface area contributed by atoms with Crippen LogP contribution in [0.2, 0.25) is 0 Å². The van der Waals surface area contributed by atoms with Gasteiger partial charge in [-0.1, -0.05) is 6.92 Å². The summed E-state index contributed by atoms with van der Waals surface area (Å²) in [6, 6.07) is -0.662. The SMILES string of the molecule is CC1CC(=O)C(=O)N=C1SCC1=C(C(=O)O)N2C(=O)C(N)C2SC1. The van der Waals surface area contributed by atoms with Crippen LogP contribution in [0.5, 0.6) is 0 Å². The predicted octanol–water partition coefficient (Wildman–Crippen LogP) is -0.165. The summed E-state index contributed by atoms with van der Waals surface area (Å²) in [5.41, 5.74) is 6.27. The standard InChI is InChI=1S/C14H15N3O5S2/c1-5-2-7(18)10(19)16-11(5)23-3-6-4-24-13-8(15)12(20)17(13)9(6)14(21)22/h5,8,13H,2-4,15H2,1H3,(H,21,22). The van der Waals surface area contributed by atoms with E-state index in [0.29, 0.717) is 22.1 Å². The van der Waals surface area contributed by atoms with Crippen LogP contribution in [-0.4, -0.2) is 61.5 Å². The Bertz CT molecular complexity index is 717. The van der Waals surface area contributed by atoms with Crippen LogP contribution in [0.1, 0.15) is 13.3 Å². The molecule has 0 aliphatic carbocycles. The van der Waals surface area contributed by atoms with E-state index >= 15 is 0 Å². The van der Waals surface area contributed by atoms with E-state index in [1.165, 1.54) is 28.4 Å². The number of β-lactam (4-membered cyclic amide) rings is 1. The van der Waals surface area contributed by atoms with Crippen molar-refractivity contribution in [3.8, 4) is 0 Å². The summed E-state index contributed by atoms with van der Waals surface area (Å²) >= 11 is 2.67. The zero-order valence-electron chi connectivity index (χ0n) is 12.7. The molecule has 3 aliphatic heterocycles. The van der Waals surface area contributed by atoms with Gasteiger partial charge in [0.15, 0.2) is 0 Å². The quantitative estimate of drug-likeness (QED) is 0.518. The highest BCUT2D eigenvalue weighted by molar-refractivity contribution is 8.14. The van der Waals surface area contributed by atoms with Gasteiger partial charge in [0, 0.05) is 23.8 Å². The Morgan fingerprint density at radius 3 is 2.83 bits per heavy atom. The van der Waals surface area contributed by atoms with Gasteiger partial charge in [-0.3, -0.25) is 19.3 Å². The first-order chi connectivity index (χ1) is 11.3. The number of carboxylic acid groups (broad SMARTS) is 1. The predicted molar refractivity (Wildman–Crippen MR) is 89.4 cm³/mol. The van der Waals surface area contributed by atoms with Crippen molar-refractivity contribution in [3.05, 3.63) is 11.3 Å². The monoisotopic (exact) mass is 369 g/mol. The van der Waals surface area contributed by atoms with Gasteiger partial charge in [-0.2, -0.15) is 0 Å². The largest absolute Gasteiger partial charge is 0.477 e. The molecule has 0 aromatic carbocycles. The fourth-order valence-electron chi connectivity index (χ4n) is 2.75. The molecule has 10 heteroatoms. The molecule has 0 aromatic rings. The highest BCUT2D eigenvalue weighted by Crippen LogP contribution is 2.40. The van der Waals surface area contributed by atoms with Gasteiger partial charge >= 0.3 is 11.9 Å². The van der Waals surface area contributed by atoms with Crippen LogP contribution in [0.25, 0.3) is 0 Å². The van der Waals surface area contributed by atoms with Crippen LogP contribution in [0.4, 0.5) is 0 Å². The Hall–Kier alpha value is -1.65. The maximum atomic E-state index is 11.9. The van der Waals surface area contributed by atoms with Gasteiger partial charge in [0.2, 0.25) is 11.7 Å². The minimum Gasteiger partial charge on any atom is -0.477 e. The topological polar surface area (TPSA) is 130 Å². The minimum absolute atomic E-state index is 0.0237. The van der Waals surface area contributed by atoms with Gasteiger partial charge in [0.1, 0.15) is 17.1 Å². The number of Topliss-reactive ketones (excluding diaryl/α,β-unsaturated/α-hetero) is 1. The third-order valence-electron chi connectivity index (χ3n) is 4.05. The molecule has 0 aromatic heterocycles. The molecule has 2 amide bonds. The number of thioether (sulfide) groups is 2. The second kappa shape index (κ2) is 6.34. The van der Waals surface area contributed by atoms with E-state index in [1.807, 2.05) is 0 Å². The van der Waals surface area contributed by atoms with Crippen LogP contribution in [0.3, 0.4) is 0 Å². The summed E-state index contributed by atoms with van der Waals surface area (Å²) in [7, 11) is 0. The van der Waals surface area contributed by atoms with Crippen molar-refractivity contribution in [2.75, 3.05) is 11.5 Å². The summed E-state index contributed by atoms with van der Waals surface area (Å²) in [5, 5.41) is 9.65. The van der Waals surface area contributed by atoms with E-state index in [-0.39, 0.29) is 23.4 Å². The molecular weight excluding hydrogens is 354 g/mol. The number of hydrogen-bond donors (Lipinski definition) is 2. The highest BCUT2D eigenvalue weighted by atomic mass is 32.2. The lowest BCUT2D eigenvalue weighted by Crippen LogP contribution is -2.68. The minimum atomic E-state index is -1.17. The molecule has 1 saturated heterocycles. The van der Waals surface area contributed by atoms with Crippen LogP contribution < -0.4 is 5.73 Å². The molecule has 24 heavy (non-hydrogen) atoms. The molecule has 3 atom stereocenters. The van der Waals surface area contributed by atoms with Crippen LogP contribution in [0.15, 0.2) is 16.3 Å². The molecule has 3 heterocycles. The molecule has 0 saturated carbocycles. The van der Waals surface area contributed by atoms with E-state index in [2.05, 4.69) is 4.99 Å². The second-order valence-corrected chi connectivity index (χ2v) is 7.87. The van der Waals surface area contributed by atoms with Crippen molar-refractivity contribution < 1.29 is 24.3 Å². The average Bonchev–Trinajstić information content (AvgIpc) is 2.55. The van der Waals surface area contributed by atoms with E-state index in [9.17, 15) is 24.3 Å². The van der Waals surface area contributed by atoms with Crippen molar-refractivity contribution in [1.82, 2.24) is 4.90 Å². The number of nitrogens with two attached hydrogens (primary N) is 1. The number of nitrogens with zero attached hydrogens (tertiary/aromatic N) is 2. The van der Waals surface area contributed by atoms with E-state index in [0.717, 1.165) is 0 Å². The summed E-state index contributed by atoms with van der Waals surface area (Å²) in [4.78, 5) is 51.2. The van der Waals surface area contributed by atoms with Crippen molar-refractivity contribution in [3.63, 3.8) is 0 Å². The Kier molecular flexibility index (Phi) is 4.54. The smallest absolute Gasteiger partial charge is 0.352 e. The third-order valence-corrected chi connectivity index (χ3v) is 6.69. The number of carbonyl (C=O) groups is 4. The number of ketones is 1. The average molecular weight is 369 g/mol. The summed E-state index contributed by atoms with van der Waals surface area (Å²) in [5.74, 6) is -2.25. The fraction of sp³-hybridized carbons (Fsp3) is 0.500. The molecule has 0 spiro atoms. The number of carboxylic acids is 1. The molecule has 1 fully saturated rings. The number of fused-ring (bicyclic) bond motifs is 1. The lowest BCUT2D eigenvalue weighted by Gasteiger charge is -2.48. The number of carbonyl (C=O) groups excluding carboxylic acids is 3. The Balaban J connectivity index is 1.79. The van der Waals surface area contributed by atoms with Crippen LogP contribution >= 0.6 is 23.5 Å². The molecule has 128 valence electrons. The molecule has 8 nitrogen and oxygen atoms in total. The second-order valence-electron chi connectivity index (χ2n) is 5.77. The first-order valence-corrected chi connectivity index (χ1v) is 9.28. The lowest BCUT2D eigenvalue weighted by atomic mass is 10.0. The normalized spacial score (nSPS) is 30.1. The van der Waals surface area contributed by atoms with Gasteiger partial charge in [-0.05, 0) is 5.57 Å². The molecular formula is C14H15N3O5S2. The Morgan fingerprint density at radius 2 is 2.17 bits per heavy atom. The number of rotatable bonds is 3. The van der Waals surface area contributed by atoms with Crippen molar-refractivity contribution in [2.45, 2.75) is 24.8 Å². The molecule has 3 unspecified atom stereocenters. The van der Waals surface area contributed by atoms with Crippen molar-refractivity contribution in [2.24, 2.45) is 16.6 Å². The van der Waals surface area contributed by atoms with Gasteiger partial charge in [0.05, 0.1) is 5.04 Å². The molecule has 0 bridgehead atoms. The molecule has 0 radical (unpaired) electrons. The van der Waals surface area contributed by atoms with Crippen LogP contribution in [-0.2, 0) is 19.2 Å². The molecule has 3 rings (SSSR count). The number of amides is 2. The van der Waals surface area contributed by atoms with E-state index in [4.69, 9.17) is 5.73 Å². The summed E-state index contributed by atoms with van der Waals surface area (Å²) in [6.07, 6.45) is 0.117. The number of aliphatic carboxylic acids is 1. The van der Waals surface area contributed by atoms with E-state index < -0.39 is 29.6 Å². The van der Waals surface area contributed by atoms with Crippen molar-refractivity contribution in [1.29, 1.82) is 0 Å². The van der Waals surface area contributed by atoms with Gasteiger partial charge in [0.25, 0.3) is 0 Å². The summed E-state index contributed by atoms with van der Waals surface area (Å²) < 4.78 is 0. The highest BCUT2D eigenvalue weighted by Gasteiger charge is 2.51. The van der Waals surface area contributed by atoms with Crippen LogP contribution in [0, 0.1) is 5.92 Å².